The number of hydrogen-bond acceptors (Lipinski definition) is 2. The van der Waals surface area contributed by atoms with Crippen molar-refractivity contribution in [3.63, 3.8) is 0 Å². The highest BCUT2D eigenvalue weighted by Crippen LogP contribution is 2.13. The van der Waals surface area contributed by atoms with Gasteiger partial charge in [0.05, 0.1) is 0 Å². The summed E-state index contributed by atoms with van der Waals surface area (Å²) in [5.74, 6) is -0.248. The summed E-state index contributed by atoms with van der Waals surface area (Å²) in [5.41, 5.74) is 1.87. The second-order valence-electron chi connectivity index (χ2n) is 2.66. The van der Waals surface area contributed by atoms with E-state index in [1.54, 1.807) is 12.4 Å². The largest absolute Gasteiger partial charge is 0.361 e. The lowest BCUT2D eigenvalue weighted by molar-refractivity contribution is -0.113. The van der Waals surface area contributed by atoms with Crippen LogP contribution in [0, 0.1) is 0 Å². The van der Waals surface area contributed by atoms with Gasteiger partial charge in [-0.25, -0.2) is 4.99 Å². The van der Waals surface area contributed by atoms with Crippen molar-refractivity contribution in [1.29, 1.82) is 0 Å². The van der Waals surface area contributed by atoms with Crippen LogP contribution in [-0.4, -0.2) is 12.1 Å². The molecule has 0 aromatic heterocycles. The molecule has 2 rings (SSSR count). The van der Waals surface area contributed by atoms with Gasteiger partial charge in [-0.05, 0) is 6.07 Å². The zero-order valence-corrected chi connectivity index (χ0v) is 6.90. The van der Waals surface area contributed by atoms with Crippen molar-refractivity contribution < 1.29 is 4.79 Å². The molecule has 1 aliphatic heterocycles. The molecule has 0 unspecified atom stereocenters. The highest BCUT2D eigenvalue weighted by atomic mass is 16.1. The van der Waals surface area contributed by atoms with Gasteiger partial charge in [0.2, 0.25) is 0 Å². The van der Waals surface area contributed by atoms with E-state index < -0.39 is 0 Å². The summed E-state index contributed by atoms with van der Waals surface area (Å²) < 4.78 is 0. The van der Waals surface area contributed by atoms with Gasteiger partial charge in [-0.3, -0.25) is 4.79 Å². The third kappa shape index (κ3) is 1.64. The Morgan fingerprint density at radius 3 is 3.00 bits per heavy atom. The molecule has 1 aromatic rings. The van der Waals surface area contributed by atoms with Crippen molar-refractivity contribution in [2.75, 3.05) is 5.32 Å². The van der Waals surface area contributed by atoms with Crippen LogP contribution in [0.1, 0.15) is 5.56 Å². The summed E-state index contributed by atoms with van der Waals surface area (Å²) >= 11 is 0. The molecule has 3 nitrogen and oxygen atoms in total. The summed E-state index contributed by atoms with van der Waals surface area (Å²) in [6.07, 6.45) is 4.55. The number of benzene rings is 1. The predicted molar refractivity (Wildman–Crippen MR) is 51.8 cm³/mol. The van der Waals surface area contributed by atoms with Gasteiger partial charge in [0, 0.05) is 29.7 Å². The molecule has 1 aromatic carbocycles. The average Bonchev–Trinajstić information content (AvgIpc) is 2.13. The van der Waals surface area contributed by atoms with E-state index >= 15 is 0 Å². The summed E-state index contributed by atoms with van der Waals surface area (Å²) in [6.45, 7) is 0. The number of carbonyl (C=O) groups excluding carboxylic acids is 1. The molecule has 1 amide bonds. The van der Waals surface area contributed by atoms with Crippen molar-refractivity contribution in [1.82, 2.24) is 0 Å². The lowest BCUT2D eigenvalue weighted by atomic mass is 10.2. The zero-order chi connectivity index (χ0) is 9.10. The van der Waals surface area contributed by atoms with Crippen molar-refractivity contribution in [2.45, 2.75) is 0 Å². The molecule has 0 atom stereocenters. The molecular weight excluding hydrogens is 164 g/mol. The summed E-state index contributed by atoms with van der Waals surface area (Å²) in [4.78, 5) is 14.7. The minimum atomic E-state index is -0.248. The Hall–Kier alpha value is -1.90. The Kier molecular flexibility index (Phi) is 1.92. The zero-order valence-electron chi connectivity index (χ0n) is 6.90. The first-order chi connectivity index (χ1) is 6.36. The van der Waals surface area contributed by atoms with Gasteiger partial charge in [0.15, 0.2) is 0 Å². The van der Waals surface area contributed by atoms with E-state index in [-0.39, 0.29) is 5.91 Å². The van der Waals surface area contributed by atoms with Crippen molar-refractivity contribution in [2.24, 2.45) is 4.99 Å². The summed E-state index contributed by atoms with van der Waals surface area (Å²) in [5, 5.41) is 3.00. The topological polar surface area (TPSA) is 41.5 Å². The number of carbonyl (C=O) groups is 1. The molecule has 0 aliphatic carbocycles. The van der Waals surface area contributed by atoms with Gasteiger partial charge in [0.1, 0.15) is 0 Å². The minimum absolute atomic E-state index is 0.248. The number of para-hydroxylation sites is 1. The molecule has 0 saturated heterocycles. The Balaban J connectivity index is 2.47. The Morgan fingerprint density at radius 2 is 2.08 bits per heavy atom. The number of fused-ring (bicyclic) bond motifs is 1. The van der Waals surface area contributed by atoms with Gasteiger partial charge < -0.3 is 5.32 Å². The van der Waals surface area contributed by atoms with Crippen molar-refractivity contribution in [3.8, 4) is 0 Å². The van der Waals surface area contributed by atoms with Gasteiger partial charge in [0.25, 0.3) is 5.91 Å². The number of amides is 1. The van der Waals surface area contributed by atoms with Gasteiger partial charge in [-0.15, -0.1) is 0 Å². The highest BCUT2D eigenvalue weighted by Gasteiger charge is 2.00. The third-order valence-corrected chi connectivity index (χ3v) is 1.76. The van der Waals surface area contributed by atoms with E-state index in [1.807, 2.05) is 24.3 Å². The monoisotopic (exact) mass is 172 g/mol. The van der Waals surface area contributed by atoms with E-state index in [2.05, 4.69) is 10.3 Å². The van der Waals surface area contributed by atoms with Crippen LogP contribution in [0.3, 0.4) is 0 Å². The molecule has 0 saturated carbocycles. The second kappa shape index (κ2) is 3.23. The maximum Gasteiger partial charge on any atom is 0.271 e. The minimum Gasteiger partial charge on any atom is -0.361 e. The molecule has 13 heavy (non-hydrogen) atoms. The molecular formula is C10H8N2O. The number of anilines is 1. The van der Waals surface area contributed by atoms with Crippen molar-refractivity contribution >= 4 is 17.8 Å². The van der Waals surface area contributed by atoms with Crippen LogP contribution in [0.4, 0.5) is 5.69 Å². The van der Waals surface area contributed by atoms with E-state index in [4.69, 9.17) is 0 Å². The Labute approximate surface area is 75.8 Å². The first-order valence-electron chi connectivity index (χ1n) is 3.96. The standard InChI is InChI=1S/C10H8N2O/c13-10-5-6-11-9-4-2-1-3-8(9)7-12-10/h1-7,11H. The van der Waals surface area contributed by atoms with Crippen molar-refractivity contribution in [3.05, 3.63) is 42.1 Å². The van der Waals surface area contributed by atoms with E-state index in [9.17, 15) is 4.79 Å². The van der Waals surface area contributed by atoms with Crippen LogP contribution in [0.25, 0.3) is 0 Å². The van der Waals surface area contributed by atoms with E-state index in [1.165, 1.54) is 6.08 Å². The quantitative estimate of drug-likeness (QED) is 0.645. The maximum absolute atomic E-state index is 10.9. The number of rotatable bonds is 0. The summed E-state index contributed by atoms with van der Waals surface area (Å²) in [6, 6.07) is 7.67. The predicted octanol–water partition coefficient (Wildman–Crippen LogP) is 1.57. The molecule has 0 radical (unpaired) electrons. The van der Waals surface area contributed by atoms with E-state index in [0.29, 0.717) is 0 Å². The third-order valence-electron chi connectivity index (χ3n) is 1.76. The first kappa shape index (κ1) is 7.73. The number of aliphatic imine (C=N–C) groups is 1. The van der Waals surface area contributed by atoms with Crippen LogP contribution < -0.4 is 5.32 Å². The second-order valence-corrected chi connectivity index (χ2v) is 2.66. The number of nitrogens with zero attached hydrogens (tertiary/aromatic N) is 1. The molecule has 64 valence electrons. The molecule has 1 heterocycles. The van der Waals surface area contributed by atoms with Crippen LogP contribution in [-0.2, 0) is 4.79 Å². The maximum atomic E-state index is 10.9. The average molecular weight is 172 g/mol. The lowest BCUT2D eigenvalue weighted by Crippen LogP contribution is -1.99. The SMILES string of the molecule is O=C1C=CNc2ccccc2C=N1. The Morgan fingerprint density at radius 1 is 1.23 bits per heavy atom. The molecule has 3 heteroatoms. The number of nitrogens with one attached hydrogen (secondary N) is 1. The highest BCUT2D eigenvalue weighted by molar-refractivity contribution is 6.01. The fourth-order valence-corrected chi connectivity index (χ4v) is 1.12. The van der Waals surface area contributed by atoms with E-state index in [0.717, 1.165) is 11.3 Å². The van der Waals surface area contributed by atoms with Gasteiger partial charge in [-0.1, -0.05) is 18.2 Å². The normalized spacial score (nSPS) is 14.3. The molecule has 0 bridgehead atoms. The molecule has 1 N–H and O–H groups in total. The number of hydrogen-bond donors (Lipinski definition) is 1. The Bertz CT molecular complexity index is 394. The first-order valence-corrected chi connectivity index (χ1v) is 3.96. The molecule has 1 aliphatic rings. The molecule has 0 spiro atoms. The van der Waals surface area contributed by atoms with Gasteiger partial charge in [-0.2, -0.15) is 0 Å². The lowest BCUT2D eigenvalue weighted by Gasteiger charge is -2.05. The van der Waals surface area contributed by atoms with Crippen LogP contribution in [0.5, 0.6) is 0 Å². The summed E-state index contributed by atoms with van der Waals surface area (Å²) in [7, 11) is 0. The van der Waals surface area contributed by atoms with Gasteiger partial charge >= 0.3 is 0 Å². The fourth-order valence-electron chi connectivity index (χ4n) is 1.12. The molecule has 0 fully saturated rings. The van der Waals surface area contributed by atoms with Crippen LogP contribution >= 0.6 is 0 Å². The van der Waals surface area contributed by atoms with Crippen LogP contribution in [0.2, 0.25) is 0 Å². The smallest absolute Gasteiger partial charge is 0.271 e. The van der Waals surface area contributed by atoms with Crippen LogP contribution in [0.15, 0.2) is 41.5 Å². The fraction of sp³-hybridized carbons (Fsp3) is 0.